The first kappa shape index (κ1) is 106. The fourth-order valence-corrected chi connectivity index (χ4v) is 7.38. The Hall–Kier alpha value is -12.2. The zero-order valence-electron chi connectivity index (χ0n) is 59.9. The molecule has 14 aromatic rings. The largest absolute Gasteiger partial charge is 0.652 e. The molecule has 0 saturated carbocycles. The van der Waals surface area contributed by atoms with Crippen LogP contribution in [0.2, 0.25) is 0 Å². The molecule has 5 N–H and O–H groups in total. The van der Waals surface area contributed by atoms with Crippen molar-refractivity contribution in [3.05, 3.63) is 331 Å². The van der Waals surface area contributed by atoms with Gasteiger partial charge < -0.3 is 71.1 Å². The zero-order chi connectivity index (χ0) is 82.6. The number of hydrogen-bond donors (Lipinski definition) is 5. The maximum Gasteiger partial charge on any atom is 0.432 e. The van der Waals surface area contributed by atoms with Gasteiger partial charge in [-0.05, 0) is 147 Å². The monoisotopic (exact) mass is 2520 g/mol. The minimum absolute atomic E-state index is 0. The molecule has 14 rings (SSSR count). The van der Waals surface area contributed by atoms with Gasteiger partial charge in [0.1, 0.15) is 34.2 Å². The molecule has 118 heavy (non-hydrogen) atoms. The van der Waals surface area contributed by atoms with Gasteiger partial charge in [-0.2, -0.15) is 39.5 Å². The molecular formula is C74H57F9Ir5N19O11-5. The fraction of sp³-hybridized carbons (Fsp3) is 0.0811. The van der Waals surface area contributed by atoms with E-state index >= 15 is 0 Å². The van der Waals surface area contributed by atoms with Crippen LogP contribution in [0.3, 0.4) is 0 Å². The van der Waals surface area contributed by atoms with E-state index in [9.17, 15) is 68.3 Å². The van der Waals surface area contributed by atoms with Gasteiger partial charge in [0.25, 0.3) is 0 Å². The van der Waals surface area contributed by atoms with Crippen molar-refractivity contribution in [3.8, 4) is 45.7 Å². The van der Waals surface area contributed by atoms with E-state index in [1.807, 2.05) is 49.4 Å². The SMILES string of the molecule is Cc1cc(-c2ccccn2)[n-]n1.Cc1n[n-]c(-c2ccccn2)n1.FC(F)(F)c1cc(-c2ccccn2)[n-]n1.FC(F)(F)c1ccc(-c2ccccn2)[n-]1.O=C(O)c1ccccn1.O=C(O)c1ccccn1.O=C(O)c1ccccn1.O=C(O)c1ccccn1.O=C(O)c1ccccn1.O=C([N-]Cc1ccccn1)C(F)(F)F.[Ir].[Ir].[Ir].[Ir].[Ir]. The van der Waals surface area contributed by atoms with E-state index in [4.69, 9.17) is 25.5 Å². The standard InChI is InChI=1S/C10H6F3N2.C9H5F3N3.C9H8N3.C8H7F3N2O.C8H7N4.5C6H5NO2.5Ir/c11-10(12,13)9-5-4-8(15-9)7-3-1-2-6-14-7;10-9(11,12)8-5-7(14-15-8)6-3-1-2-4-13-6;1-7-6-9(12-11-7)8-4-2-3-5-10-8;9-8(10,11)7(14)13-5-6-3-1-2-4-12-6;1-6-10-8(12-11-6)7-4-2-3-5-9-7;5*8-6(9)5-3-1-2-4-7-5;;;;;/h1-6H;1-5H;2-6H,1H3;1-4H,5H2,(H,13,14);2-5H,1H3;5*1-4H,(H,8,9);;;;;/q3*-1;;-1;;;;;;;;;;/p-1. The van der Waals surface area contributed by atoms with Crippen LogP contribution in [0.25, 0.3) is 51.0 Å². The molecule has 0 aliphatic rings. The molecule has 0 spiro atoms. The van der Waals surface area contributed by atoms with Crippen molar-refractivity contribution in [2.45, 2.75) is 38.9 Å². The number of carbonyl (C=O) groups excluding carboxylic acids is 1. The number of carboxylic acid groups (broad SMARTS) is 5. The molecule has 14 heterocycles. The molecule has 5 radical (unpaired) electrons. The summed E-state index contributed by atoms with van der Waals surface area (Å²) >= 11 is 0. The number of hydrogen-bond acceptors (Lipinski definition) is 20. The van der Waals surface area contributed by atoms with E-state index in [1.54, 1.807) is 129 Å². The van der Waals surface area contributed by atoms with Crippen molar-refractivity contribution in [3.63, 3.8) is 0 Å². The summed E-state index contributed by atoms with van der Waals surface area (Å²) in [6.07, 6.45) is 1.36. The number of rotatable bonds is 11. The molecule has 14 aromatic heterocycles. The van der Waals surface area contributed by atoms with Gasteiger partial charge in [-0.3, -0.25) is 30.0 Å². The Morgan fingerprint density at radius 3 is 0.915 bits per heavy atom. The van der Waals surface area contributed by atoms with E-state index in [0.29, 0.717) is 28.7 Å². The number of aromatic carboxylic acids is 5. The second-order valence-electron chi connectivity index (χ2n) is 20.8. The van der Waals surface area contributed by atoms with Crippen LogP contribution in [-0.4, -0.2) is 138 Å². The third kappa shape index (κ3) is 41.4. The van der Waals surface area contributed by atoms with E-state index in [0.717, 1.165) is 34.9 Å². The normalized spacial score (nSPS) is 9.72. The summed E-state index contributed by atoms with van der Waals surface area (Å²) in [4.78, 5) is 106. The topological polar surface area (TPSA) is 455 Å². The van der Waals surface area contributed by atoms with Crippen LogP contribution in [0, 0.1) is 13.8 Å². The molecule has 30 nitrogen and oxygen atoms in total. The van der Waals surface area contributed by atoms with Crippen molar-refractivity contribution >= 4 is 35.8 Å². The van der Waals surface area contributed by atoms with Crippen molar-refractivity contribution in [2.24, 2.45) is 0 Å². The summed E-state index contributed by atoms with van der Waals surface area (Å²) in [5.41, 5.74) is 3.43. The number of alkyl halides is 9. The second-order valence-corrected chi connectivity index (χ2v) is 20.8. The number of aryl methyl sites for hydroxylation is 2. The van der Waals surface area contributed by atoms with Gasteiger partial charge in [0.15, 0.2) is 5.91 Å². The molecule has 0 bridgehead atoms. The summed E-state index contributed by atoms with van der Waals surface area (Å²) in [5.74, 6) is -5.76. The molecule has 0 saturated heterocycles. The maximum atomic E-state index is 12.2. The Morgan fingerprint density at radius 2 is 0.669 bits per heavy atom. The third-order valence-corrected chi connectivity index (χ3v) is 12.4. The van der Waals surface area contributed by atoms with E-state index < -0.39 is 65.7 Å². The van der Waals surface area contributed by atoms with Crippen molar-refractivity contribution in [1.82, 2.24) is 90.4 Å². The first-order valence-corrected chi connectivity index (χ1v) is 31.5. The van der Waals surface area contributed by atoms with Crippen LogP contribution in [-0.2, 0) is 124 Å². The van der Waals surface area contributed by atoms with Crippen LogP contribution in [0.15, 0.2) is 268 Å². The molecule has 0 fully saturated rings. The Morgan fingerprint density at radius 1 is 0.347 bits per heavy atom. The molecule has 0 aliphatic carbocycles. The van der Waals surface area contributed by atoms with Gasteiger partial charge in [0.05, 0.1) is 5.69 Å². The number of carbonyl (C=O) groups is 6. The van der Waals surface area contributed by atoms with Crippen LogP contribution >= 0.6 is 0 Å². The number of carboxylic acids is 5. The number of pyridine rings is 10. The first-order chi connectivity index (χ1) is 53.9. The summed E-state index contributed by atoms with van der Waals surface area (Å²) in [6, 6.07) is 54.8. The van der Waals surface area contributed by atoms with E-state index in [-0.39, 0.29) is 147 Å². The number of halogens is 9. The molecule has 0 aromatic carbocycles. The number of aromatic nitrogens is 18. The van der Waals surface area contributed by atoms with E-state index in [1.165, 1.54) is 92.0 Å². The Kier molecular flexibility index (Phi) is 50.3. The molecule has 627 valence electrons. The Labute approximate surface area is 730 Å². The quantitative estimate of drug-likeness (QED) is 0.0751. The minimum Gasteiger partial charge on any atom is -0.652 e. The van der Waals surface area contributed by atoms with Gasteiger partial charge in [-0.15, -0.1) is 5.69 Å². The van der Waals surface area contributed by atoms with Crippen LogP contribution in [0.5, 0.6) is 0 Å². The first-order valence-electron chi connectivity index (χ1n) is 31.5. The summed E-state index contributed by atoms with van der Waals surface area (Å²) in [7, 11) is 0. The van der Waals surface area contributed by atoms with Crippen LogP contribution in [0.1, 0.15) is 81.0 Å². The third-order valence-electron chi connectivity index (χ3n) is 12.4. The molecule has 44 heteroatoms. The van der Waals surface area contributed by atoms with Crippen LogP contribution < -0.4 is 20.3 Å². The van der Waals surface area contributed by atoms with Gasteiger partial charge in [-0.1, -0.05) is 102 Å². The van der Waals surface area contributed by atoms with Gasteiger partial charge >= 0.3 is 48.4 Å². The molecule has 1 amide bonds. The van der Waals surface area contributed by atoms with Crippen molar-refractivity contribution in [2.75, 3.05) is 0 Å². The summed E-state index contributed by atoms with van der Waals surface area (Å²) in [5, 5.41) is 66.5. The average Bonchev–Trinajstić information content (AvgIpc) is 1.70. The summed E-state index contributed by atoms with van der Waals surface area (Å²) < 4.78 is 108. The molecular weight excluding hydrogens is 2460 g/mol. The van der Waals surface area contributed by atoms with Crippen LogP contribution in [0.4, 0.5) is 39.5 Å². The predicted molar refractivity (Wildman–Crippen MR) is 381 cm³/mol. The van der Waals surface area contributed by atoms with E-state index in [2.05, 4.69) is 95.7 Å². The van der Waals surface area contributed by atoms with Crippen molar-refractivity contribution < 1.29 is 194 Å². The minimum atomic E-state index is -4.89. The average molecular weight is 2520 g/mol. The van der Waals surface area contributed by atoms with Gasteiger partial charge in [0.2, 0.25) is 0 Å². The maximum absolute atomic E-state index is 12.2. The Bertz CT molecular complexity index is 4670. The smallest absolute Gasteiger partial charge is 0.432 e. The molecule has 0 aliphatic heterocycles. The van der Waals surface area contributed by atoms with Gasteiger partial charge in [0, 0.05) is 197 Å². The summed E-state index contributed by atoms with van der Waals surface area (Å²) in [6.45, 7) is 3.37. The molecule has 0 unspecified atom stereocenters. The molecule has 0 atom stereocenters. The number of amides is 1. The number of nitrogens with zero attached hydrogens (tertiary/aromatic N) is 19. The second kappa shape index (κ2) is 56.1. The Balaban J connectivity index is 0.00000129. The fourth-order valence-electron chi connectivity index (χ4n) is 7.38. The zero-order valence-corrected chi connectivity index (χ0v) is 71.8. The predicted octanol–water partition coefficient (Wildman–Crippen LogP) is 13.0. The van der Waals surface area contributed by atoms with Crippen molar-refractivity contribution in [1.29, 1.82) is 0 Å². The van der Waals surface area contributed by atoms with Gasteiger partial charge in [-0.25, -0.2) is 48.9 Å².